The Balaban J connectivity index is 1.83. The molecule has 0 saturated heterocycles. The molecule has 1 aromatic carbocycles. The molecular formula is C18H29FN2. The fourth-order valence-corrected chi connectivity index (χ4v) is 3.30. The summed E-state index contributed by atoms with van der Waals surface area (Å²) in [5, 5.41) is 3.64. The van der Waals surface area contributed by atoms with Crippen LogP contribution < -0.4 is 5.32 Å². The van der Waals surface area contributed by atoms with Gasteiger partial charge in [0.1, 0.15) is 5.82 Å². The van der Waals surface area contributed by atoms with E-state index in [1.54, 1.807) is 12.1 Å². The van der Waals surface area contributed by atoms with Gasteiger partial charge in [-0.2, -0.15) is 0 Å². The maximum absolute atomic E-state index is 13.2. The summed E-state index contributed by atoms with van der Waals surface area (Å²) in [6, 6.07) is 6.50. The molecule has 118 valence electrons. The Hall–Kier alpha value is -0.930. The lowest BCUT2D eigenvalue weighted by atomic mass is 9.90. The summed E-state index contributed by atoms with van der Waals surface area (Å²) in [5.41, 5.74) is 2.30. The van der Waals surface area contributed by atoms with E-state index in [0.29, 0.717) is 12.1 Å². The van der Waals surface area contributed by atoms with Crippen LogP contribution in [-0.4, -0.2) is 30.6 Å². The van der Waals surface area contributed by atoms with Crippen molar-refractivity contribution >= 4 is 0 Å². The van der Waals surface area contributed by atoms with Crippen LogP contribution in [0.25, 0.3) is 0 Å². The second kappa shape index (κ2) is 7.90. The number of aryl methyl sites for hydroxylation is 1. The third kappa shape index (κ3) is 4.79. The van der Waals surface area contributed by atoms with E-state index in [1.165, 1.54) is 37.7 Å². The van der Waals surface area contributed by atoms with E-state index in [-0.39, 0.29) is 5.82 Å². The predicted octanol–water partition coefficient (Wildman–Crippen LogP) is 3.88. The number of nitrogens with zero attached hydrogens (tertiary/aromatic N) is 1. The molecule has 3 heteroatoms. The third-order valence-electron chi connectivity index (χ3n) is 4.73. The van der Waals surface area contributed by atoms with Gasteiger partial charge in [0.05, 0.1) is 0 Å². The van der Waals surface area contributed by atoms with Gasteiger partial charge in [0.25, 0.3) is 0 Å². The van der Waals surface area contributed by atoms with E-state index in [4.69, 9.17) is 0 Å². The number of benzene rings is 1. The lowest BCUT2D eigenvalue weighted by Crippen LogP contribution is -2.40. The van der Waals surface area contributed by atoms with Gasteiger partial charge in [0, 0.05) is 18.6 Å². The van der Waals surface area contributed by atoms with Crippen molar-refractivity contribution in [3.8, 4) is 0 Å². The molecule has 0 aliphatic heterocycles. The average molecular weight is 292 g/mol. The minimum Gasteiger partial charge on any atom is -0.314 e. The van der Waals surface area contributed by atoms with Gasteiger partial charge in [-0.25, -0.2) is 4.39 Å². The maximum atomic E-state index is 13.2. The zero-order valence-electron chi connectivity index (χ0n) is 13.7. The largest absolute Gasteiger partial charge is 0.314 e. The SMILES string of the molecule is CCCNC1CCC(N(C)Cc2ccc(F)cc2C)CC1. The summed E-state index contributed by atoms with van der Waals surface area (Å²) in [7, 11) is 2.20. The standard InChI is InChI=1S/C18H29FN2/c1-4-11-20-17-7-9-18(10-8-17)21(3)13-15-5-6-16(19)12-14(15)2/h5-6,12,17-18,20H,4,7-11,13H2,1-3H3. The summed E-state index contributed by atoms with van der Waals surface area (Å²) in [5.74, 6) is -0.138. The van der Waals surface area contributed by atoms with E-state index < -0.39 is 0 Å². The second-order valence-corrected chi connectivity index (χ2v) is 6.45. The van der Waals surface area contributed by atoms with Crippen molar-refractivity contribution in [3.05, 3.63) is 35.1 Å². The van der Waals surface area contributed by atoms with Crippen molar-refractivity contribution in [2.45, 2.75) is 64.6 Å². The van der Waals surface area contributed by atoms with Crippen LogP contribution in [0, 0.1) is 12.7 Å². The van der Waals surface area contributed by atoms with E-state index in [0.717, 1.165) is 18.7 Å². The normalized spacial score (nSPS) is 22.7. The molecule has 1 N–H and O–H groups in total. The number of hydrogen-bond donors (Lipinski definition) is 1. The van der Waals surface area contributed by atoms with Crippen molar-refractivity contribution in [2.24, 2.45) is 0 Å². The van der Waals surface area contributed by atoms with Gasteiger partial charge in [-0.05, 0) is 75.9 Å². The second-order valence-electron chi connectivity index (χ2n) is 6.45. The molecule has 0 aromatic heterocycles. The number of nitrogens with one attached hydrogen (secondary N) is 1. The van der Waals surface area contributed by atoms with Crippen LogP contribution in [0.5, 0.6) is 0 Å². The van der Waals surface area contributed by atoms with Crippen LogP contribution in [0.4, 0.5) is 4.39 Å². The van der Waals surface area contributed by atoms with Crippen molar-refractivity contribution in [3.63, 3.8) is 0 Å². The van der Waals surface area contributed by atoms with Gasteiger partial charge in [0.15, 0.2) is 0 Å². The first-order valence-electron chi connectivity index (χ1n) is 8.28. The molecule has 0 spiro atoms. The molecule has 0 atom stereocenters. The van der Waals surface area contributed by atoms with Crippen molar-refractivity contribution < 1.29 is 4.39 Å². The first-order chi connectivity index (χ1) is 10.1. The zero-order chi connectivity index (χ0) is 15.2. The van der Waals surface area contributed by atoms with Gasteiger partial charge < -0.3 is 5.32 Å². The van der Waals surface area contributed by atoms with Crippen LogP contribution in [0.1, 0.15) is 50.2 Å². The topological polar surface area (TPSA) is 15.3 Å². The summed E-state index contributed by atoms with van der Waals surface area (Å²) in [6.07, 6.45) is 6.29. The smallest absolute Gasteiger partial charge is 0.123 e. The Kier molecular flexibility index (Phi) is 6.19. The van der Waals surface area contributed by atoms with Crippen LogP contribution in [-0.2, 0) is 6.54 Å². The van der Waals surface area contributed by atoms with Gasteiger partial charge in [-0.15, -0.1) is 0 Å². The fraction of sp³-hybridized carbons (Fsp3) is 0.667. The molecule has 2 nitrogen and oxygen atoms in total. The summed E-state index contributed by atoms with van der Waals surface area (Å²) < 4.78 is 13.2. The Morgan fingerprint density at radius 1 is 1.24 bits per heavy atom. The maximum Gasteiger partial charge on any atom is 0.123 e. The Morgan fingerprint density at radius 2 is 1.95 bits per heavy atom. The molecule has 1 aliphatic carbocycles. The summed E-state index contributed by atoms with van der Waals surface area (Å²) >= 11 is 0. The highest BCUT2D eigenvalue weighted by Gasteiger charge is 2.23. The zero-order valence-corrected chi connectivity index (χ0v) is 13.7. The van der Waals surface area contributed by atoms with Crippen molar-refractivity contribution in [2.75, 3.05) is 13.6 Å². The van der Waals surface area contributed by atoms with Crippen molar-refractivity contribution in [1.29, 1.82) is 0 Å². The number of hydrogen-bond acceptors (Lipinski definition) is 2. The first-order valence-corrected chi connectivity index (χ1v) is 8.28. The van der Waals surface area contributed by atoms with Gasteiger partial charge >= 0.3 is 0 Å². The molecular weight excluding hydrogens is 263 g/mol. The third-order valence-corrected chi connectivity index (χ3v) is 4.73. The quantitative estimate of drug-likeness (QED) is 0.856. The molecule has 0 amide bonds. The molecule has 1 fully saturated rings. The lowest BCUT2D eigenvalue weighted by Gasteiger charge is -2.35. The predicted molar refractivity (Wildman–Crippen MR) is 86.9 cm³/mol. The van der Waals surface area contributed by atoms with E-state index in [9.17, 15) is 4.39 Å². The monoisotopic (exact) mass is 292 g/mol. The average Bonchev–Trinajstić information content (AvgIpc) is 2.48. The number of rotatable bonds is 6. The van der Waals surface area contributed by atoms with E-state index >= 15 is 0 Å². The highest BCUT2D eigenvalue weighted by Crippen LogP contribution is 2.24. The molecule has 1 aliphatic rings. The molecule has 0 radical (unpaired) electrons. The Labute approximate surface area is 128 Å². The van der Waals surface area contributed by atoms with E-state index in [2.05, 4.69) is 24.2 Å². The van der Waals surface area contributed by atoms with Gasteiger partial charge in [-0.3, -0.25) is 4.90 Å². The fourth-order valence-electron chi connectivity index (χ4n) is 3.30. The molecule has 2 rings (SSSR count). The molecule has 1 aromatic rings. The minimum absolute atomic E-state index is 0.138. The Morgan fingerprint density at radius 3 is 2.57 bits per heavy atom. The summed E-state index contributed by atoms with van der Waals surface area (Å²) in [6.45, 7) is 6.28. The first kappa shape index (κ1) is 16.4. The molecule has 0 unspecified atom stereocenters. The highest BCUT2D eigenvalue weighted by molar-refractivity contribution is 5.26. The van der Waals surface area contributed by atoms with Gasteiger partial charge in [-0.1, -0.05) is 13.0 Å². The minimum atomic E-state index is -0.138. The molecule has 21 heavy (non-hydrogen) atoms. The van der Waals surface area contributed by atoms with Crippen LogP contribution in [0.3, 0.4) is 0 Å². The van der Waals surface area contributed by atoms with E-state index in [1.807, 2.05) is 13.0 Å². The van der Waals surface area contributed by atoms with Crippen LogP contribution in [0.2, 0.25) is 0 Å². The molecule has 0 heterocycles. The number of halogens is 1. The van der Waals surface area contributed by atoms with Crippen molar-refractivity contribution in [1.82, 2.24) is 10.2 Å². The molecule has 0 bridgehead atoms. The lowest BCUT2D eigenvalue weighted by molar-refractivity contribution is 0.167. The van der Waals surface area contributed by atoms with Crippen LogP contribution in [0.15, 0.2) is 18.2 Å². The van der Waals surface area contributed by atoms with Crippen LogP contribution >= 0.6 is 0 Å². The molecule has 1 saturated carbocycles. The summed E-state index contributed by atoms with van der Waals surface area (Å²) in [4.78, 5) is 2.44. The van der Waals surface area contributed by atoms with Gasteiger partial charge in [0.2, 0.25) is 0 Å². The Bertz CT molecular complexity index is 439. The highest BCUT2D eigenvalue weighted by atomic mass is 19.1.